The molecule has 5 heteroatoms. The molecule has 1 fully saturated rings. The third-order valence-electron chi connectivity index (χ3n) is 1.58. The van der Waals surface area contributed by atoms with Crippen molar-refractivity contribution in [1.29, 1.82) is 0 Å². The summed E-state index contributed by atoms with van der Waals surface area (Å²) in [5.74, 6) is 0. The molecule has 3 nitrogen and oxygen atoms in total. The average molecular weight is 270 g/mol. The Kier molecular flexibility index (Phi) is 3.79. The quantitative estimate of drug-likeness (QED) is 0.584. The summed E-state index contributed by atoms with van der Waals surface area (Å²) >= 11 is 3.03. The van der Waals surface area contributed by atoms with Gasteiger partial charge >= 0.3 is 87.7 Å². The Balaban J connectivity index is 2.60. The molecule has 78 valence electrons. The fraction of sp³-hybridized carbons (Fsp3) is 1.00. The summed E-state index contributed by atoms with van der Waals surface area (Å²) in [7, 11) is 0. The van der Waals surface area contributed by atoms with Crippen molar-refractivity contribution >= 4 is 21.2 Å². The summed E-state index contributed by atoms with van der Waals surface area (Å²) < 4.78 is 11.4. The van der Waals surface area contributed by atoms with Gasteiger partial charge in [0.1, 0.15) is 0 Å². The van der Waals surface area contributed by atoms with E-state index in [0.29, 0.717) is 0 Å². The molecular weight excluding hydrogens is 252 g/mol. The van der Waals surface area contributed by atoms with Crippen LogP contribution in [0.15, 0.2) is 0 Å². The van der Waals surface area contributed by atoms with Crippen LogP contribution in [0.25, 0.3) is 0 Å². The molecule has 0 aromatic rings. The monoisotopic (exact) mass is 271 g/mol. The first-order valence-electron chi connectivity index (χ1n) is 4.53. The normalized spacial score (nSPS) is 36.2. The third kappa shape index (κ3) is 4.24. The third-order valence-corrected chi connectivity index (χ3v) is 5.46. The van der Waals surface area contributed by atoms with Gasteiger partial charge in [-0.25, -0.2) is 0 Å². The van der Waals surface area contributed by atoms with Gasteiger partial charge in [0.2, 0.25) is 0 Å². The molecule has 0 aromatic carbocycles. The van der Waals surface area contributed by atoms with E-state index in [-0.39, 0.29) is 11.6 Å². The summed E-state index contributed by atoms with van der Waals surface area (Å²) in [5, 5.41) is 3.38. The van der Waals surface area contributed by atoms with Crippen LogP contribution in [0.3, 0.4) is 0 Å². The van der Waals surface area contributed by atoms with Crippen molar-refractivity contribution in [1.82, 2.24) is 5.09 Å². The predicted molar refractivity (Wildman–Crippen MR) is 56.7 cm³/mol. The molecule has 0 unspecified atom stereocenters. The predicted octanol–water partition coefficient (Wildman–Crippen LogP) is 2.05. The molecule has 0 aliphatic carbocycles. The van der Waals surface area contributed by atoms with Crippen molar-refractivity contribution in [3.63, 3.8) is 0 Å². The SMILES string of the molecule is C[C@H]1CCO[P@](=[Se])(NC(C)(C)C)O1. The Morgan fingerprint density at radius 1 is 1.46 bits per heavy atom. The molecule has 0 aromatic heterocycles. The first kappa shape index (κ1) is 11.9. The van der Waals surface area contributed by atoms with E-state index in [9.17, 15) is 0 Å². The van der Waals surface area contributed by atoms with Gasteiger partial charge < -0.3 is 0 Å². The van der Waals surface area contributed by atoms with Crippen molar-refractivity contribution in [2.24, 2.45) is 0 Å². The molecule has 2 atom stereocenters. The van der Waals surface area contributed by atoms with Gasteiger partial charge in [-0.05, 0) is 0 Å². The molecule has 0 saturated carbocycles. The fourth-order valence-electron chi connectivity index (χ4n) is 1.13. The van der Waals surface area contributed by atoms with Crippen LogP contribution < -0.4 is 5.09 Å². The molecule has 1 heterocycles. The van der Waals surface area contributed by atoms with Crippen LogP contribution >= 0.6 is 6.11 Å². The summed E-state index contributed by atoms with van der Waals surface area (Å²) in [6.07, 6.45) is -0.645. The zero-order valence-corrected chi connectivity index (χ0v) is 11.3. The Hall–Kier alpha value is 0.829. The second-order valence-corrected chi connectivity index (χ2v) is 9.11. The van der Waals surface area contributed by atoms with Crippen LogP contribution in [0.4, 0.5) is 0 Å². The van der Waals surface area contributed by atoms with Crippen LogP contribution in [0.2, 0.25) is 0 Å². The maximum atomic E-state index is 5.77. The zero-order valence-electron chi connectivity index (χ0n) is 8.66. The van der Waals surface area contributed by atoms with Crippen molar-refractivity contribution in [3.05, 3.63) is 0 Å². The molecule has 1 aliphatic heterocycles. The minimum absolute atomic E-state index is 0.0239. The van der Waals surface area contributed by atoms with E-state index in [0.717, 1.165) is 13.0 Å². The van der Waals surface area contributed by atoms with Gasteiger partial charge in [-0.1, -0.05) is 0 Å². The van der Waals surface area contributed by atoms with Crippen molar-refractivity contribution in [2.45, 2.75) is 45.8 Å². The van der Waals surface area contributed by atoms with Gasteiger partial charge in [0, 0.05) is 0 Å². The topological polar surface area (TPSA) is 30.5 Å². The van der Waals surface area contributed by atoms with Gasteiger partial charge in [0.15, 0.2) is 0 Å². The van der Waals surface area contributed by atoms with Crippen LogP contribution in [0.5, 0.6) is 0 Å². The first-order valence-corrected chi connectivity index (χ1v) is 8.37. The standard InChI is InChI=1S/C8H18NO2PSe/c1-7-5-6-10-12(13,11-7)9-8(2,3)4/h7H,5-6H2,1-4H3,(H,9,13)/t7-,12+/m0/s1. The van der Waals surface area contributed by atoms with Gasteiger partial charge in [-0.15, -0.1) is 0 Å². The second kappa shape index (κ2) is 4.14. The van der Waals surface area contributed by atoms with Crippen molar-refractivity contribution in [3.8, 4) is 0 Å². The molecule has 1 saturated heterocycles. The summed E-state index contributed by atoms with van der Waals surface area (Å²) in [4.78, 5) is 0. The van der Waals surface area contributed by atoms with Gasteiger partial charge in [-0.3, -0.25) is 0 Å². The van der Waals surface area contributed by atoms with Gasteiger partial charge in [0.25, 0.3) is 0 Å². The molecule has 1 aliphatic rings. The molecule has 0 bridgehead atoms. The Morgan fingerprint density at radius 3 is 2.54 bits per heavy atom. The van der Waals surface area contributed by atoms with Crippen LogP contribution in [-0.4, -0.2) is 33.3 Å². The van der Waals surface area contributed by atoms with E-state index >= 15 is 0 Å². The van der Waals surface area contributed by atoms with E-state index in [1.54, 1.807) is 0 Å². The Labute approximate surface area is 88.0 Å². The number of hydrogen-bond acceptors (Lipinski definition) is 3. The number of nitrogens with one attached hydrogen (secondary N) is 1. The fourth-order valence-corrected chi connectivity index (χ4v) is 6.17. The molecule has 0 amide bonds. The Morgan fingerprint density at radius 2 is 2.08 bits per heavy atom. The zero-order chi connectivity index (χ0) is 10.1. The molecule has 0 radical (unpaired) electrons. The van der Waals surface area contributed by atoms with Crippen LogP contribution in [0.1, 0.15) is 34.1 Å². The van der Waals surface area contributed by atoms with Crippen molar-refractivity contribution < 1.29 is 9.05 Å². The number of rotatable bonds is 1. The maximum absolute atomic E-state index is 5.77. The summed E-state index contributed by atoms with van der Waals surface area (Å²) in [6.45, 7) is 9.19. The van der Waals surface area contributed by atoms with E-state index in [4.69, 9.17) is 9.05 Å². The van der Waals surface area contributed by atoms with Crippen molar-refractivity contribution in [2.75, 3.05) is 6.61 Å². The summed E-state index contributed by atoms with van der Waals surface area (Å²) in [5.41, 5.74) is 0.0239. The summed E-state index contributed by atoms with van der Waals surface area (Å²) in [6, 6.07) is 0. The average Bonchev–Trinajstić information content (AvgIpc) is 1.79. The molecule has 1 rings (SSSR count). The molecule has 0 spiro atoms. The Bertz CT molecular complexity index is 227. The molecular formula is C8H18NO2PSe. The molecule has 13 heavy (non-hydrogen) atoms. The second-order valence-electron chi connectivity index (χ2n) is 4.40. The molecule has 1 N–H and O–H groups in total. The van der Waals surface area contributed by atoms with Gasteiger partial charge in [0.05, 0.1) is 0 Å². The first-order chi connectivity index (χ1) is 5.81. The van der Waals surface area contributed by atoms with Gasteiger partial charge in [-0.2, -0.15) is 0 Å². The van der Waals surface area contributed by atoms with E-state index in [1.165, 1.54) is 0 Å². The van der Waals surface area contributed by atoms with E-state index in [2.05, 4.69) is 47.9 Å². The number of hydrogen-bond donors (Lipinski definition) is 1. The van der Waals surface area contributed by atoms with E-state index in [1.807, 2.05) is 0 Å². The minimum atomic E-state index is -1.92. The van der Waals surface area contributed by atoms with Crippen LogP contribution in [-0.2, 0) is 9.05 Å². The van der Waals surface area contributed by atoms with E-state index < -0.39 is 6.11 Å². The van der Waals surface area contributed by atoms with Crippen LogP contribution in [0, 0.1) is 0 Å².